The molecule has 2 saturated heterocycles. The minimum Gasteiger partial charge on any atom is -0.381 e. The predicted octanol–water partition coefficient (Wildman–Crippen LogP) is 1.83. The topological polar surface area (TPSA) is 70.7 Å². The van der Waals surface area contributed by atoms with Crippen LogP contribution in [-0.2, 0) is 20.9 Å². The first kappa shape index (κ1) is 18.9. The van der Waals surface area contributed by atoms with Crippen LogP contribution in [0.1, 0.15) is 24.8 Å². The largest absolute Gasteiger partial charge is 0.381 e. The Morgan fingerprint density at radius 2 is 1.93 bits per heavy atom. The van der Waals surface area contributed by atoms with Crippen LogP contribution in [-0.4, -0.2) is 55.1 Å². The number of rotatable bonds is 5. The number of nitrogens with one attached hydrogen (secondary N) is 2. The minimum atomic E-state index is -0.430. The van der Waals surface area contributed by atoms with Crippen molar-refractivity contribution in [2.24, 2.45) is 0 Å². The molecule has 4 rings (SSSR count). The van der Waals surface area contributed by atoms with Gasteiger partial charge in [-0.2, -0.15) is 0 Å². The van der Waals surface area contributed by atoms with Gasteiger partial charge in [0.1, 0.15) is 0 Å². The molecule has 0 spiro atoms. The maximum absolute atomic E-state index is 12.5. The van der Waals surface area contributed by atoms with Crippen molar-refractivity contribution in [3.8, 4) is 0 Å². The summed E-state index contributed by atoms with van der Waals surface area (Å²) in [5.41, 5.74) is 1.16. The summed E-state index contributed by atoms with van der Waals surface area (Å²) >= 11 is 0. The van der Waals surface area contributed by atoms with E-state index < -0.39 is 6.04 Å². The lowest BCUT2D eigenvalue weighted by Crippen LogP contribution is -2.56. The number of ether oxygens (including phenoxy) is 1. The van der Waals surface area contributed by atoms with Gasteiger partial charge < -0.3 is 15.4 Å². The minimum absolute atomic E-state index is 0.0579. The van der Waals surface area contributed by atoms with Crippen molar-refractivity contribution in [3.63, 3.8) is 0 Å². The second kappa shape index (κ2) is 8.71. The highest BCUT2D eigenvalue weighted by Gasteiger charge is 2.32. The van der Waals surface area contributed by atoms with Gasteiger partial charge in [-0.25, -0.2) is 0 Å². The zero-order valence-electron chi connectivity index (χ0n) is 16.0. The first-order valence-corrected chi connectivity index (χ1v) is 10.1. The highest BCUT2D eigenvalue weighted by atomic mass is 16.5. The Balaban J connectivity index is 1.43. The van der Waals surface area contributed by atoms with Crippen molar-refractivity contribution in [2.45, 2.75) is 37.9 Å². The Morgan fingerprint density at radius 1 is 1.14 bits per heavy atom. The third kappa shape index (κ3) is 4.51. The second-order valence-electron chi connectivity index (χ2n) is 7.62. The molecule has 2 aliphatic rings. The standard InChI is InChI=1S/C22H27N3O3/c26-21(24-19-7-11-28-12-8-19)14-20-22(27)23-9-10-25(20)15-16-5-6-17-3-1-2-4-18(17)13-16/h1-6,13,19-20H,7-12,14-15H2,(H,23,27)(H,24,26)/t20-/m1/s1. The highest BCUT2D eigenvalue weighted by Crippen LogP contribution is 2.19. The molecule has 0 aromatic heterocycles. The molecule has 2 aromatic rings. The first-order valence-electron chi connectivity index (χ1n) is 10.1. The van der Waals surface area contributed by atoms with E-state index in [1.165, 1.54) is 10.8 Å². The van der Waals surface area contributed by atoms with E-state index >= 15 is 0 Å². The van der Waals surface area contributed by atoms with Gasteiger partial charge in [0.25, 0.3) is 0 Å². The third-order valence-corrected chi connectivity index (χ3v) is 5.61. The average Bonchev–Trinajstić information content (AvgIpc) is 2.71. The van der Waals surface area contributed by atoms with E-state index in [1.807, 2.05) is 12.1 Å². The number of fused-ring (bicyclic) bond motifs is 1. The van der Waals surface area contributed by atoms with Crippen molar-refractivity contribution in [3.05, 3.63) is 48.0 Å². The van der Waals surface area contributed by atoms with Gasteiger partial charge in [-0.15, -0.1) is 0 Å². The van der Waals surface area contributed by atoms with Gasteiger partial charge >= 0.3 is 0 Å². The number of carbonyl (C=O) groups excluding carboxylic acids is 2. The number of amides is 2. The van der Waals surface area contributed by atoms with Crippen molar-refractivity contribution in [1.82, 2.24) is 15.5 Å². The van der Waals surface area contributed by atoms with Crippen molar-refractivity contribution in [1.29, 1.82) is 0 Å². The van der Waals surface area contributed by atoms with Gasteiger partial charge in [-0.1, -0.05) is 36.4 Å². The normalized spacial score (nSPS) is 21.4. The van der Waals surface area contributed by atoms with Crippen LogP contribution in [0.25, 0.3) is 10.8 Å². The molecule has 0 bridgehead atoms. The van der Waals surface area contributed by atoms with E-state index in [0.29, 0.717) is 26.3 Å². The van der Waals surface area contributed by atoms with E-state index in [-0.39, 0.29) is 24.3 Å². The van der Waals surface area contributed by atoms with Crippen LogP contribution in [0, 0.1) is 0 Å². The molecule has 0 radical (unpaired) electrons. The molecule has 2 N–H and O–H groups in total. The Bertz CT molecular complexity index is 848. The van der Waals surface area contributed by atoms with Gasteiger partial charge in [0.15, 0.2) is 0 Å². The molecule has 0 aliphatic carbocycles. The molecule has 2 aromatic carbocycles. The number of nitrogens with zero attached hydrogens (tertiary/aromatic N) is 1. The van der Waals surface area contributed by atoms with Gasteiger partial charge in [0.2, 0.25) is 11.8 Å². The quantitative estimate of drug-likeness (QED) is 0.829. The van der Waals surface area contributed by atoms with E-state index in [0.717, 1.165) is 24.9 Å². The summed E-state index contributed by atoms with van der Waals surface area (Å²) in [6.07, 6.45) is 1.86. The van der Waals surface area contributed by atoms with Crippen molar-refractivity contribution >= 4 is 22.6 Å². The number of hydrogen-bond acceptors (Lipinski definition) is 4. The van der Waals surface area contributed by atoms with Crippen LogP contribution in [0.3, 0.4) is 0 Å². The molecule has 6 heteroatoms. The first-order chi connectivity index (χ1) is 13.7. The number of hydrogen-bond donors (Lipinski definition) is 2. The Hall–Kier alpha value is -2.44. The van der Waals surface area contributed by atoms with Gasteiger partial charge in [-0.05, 0) is 35.2 Å². The lowest BCUT2D eigenvalue weighted by molar-refractivity contribution is -0.134. The molecule has 28 heavy (non-hydrogen) atoms. The predicted molar refractivity (Wildman–Crippen MR) is 108 cm³/mol. The summed E-state index contributed by atoms with van der Waals surface area (Å²) in [6.45, 7) is 3.39. The number of benzene rings is 2. The second-order valence-corrected chi connectivity index (χ2v) is 7.62. The molecule has 2 fully saturated rings. The zero-order chi connectivity index (χ0) is 19.3. The van der Waals surface area contributed by atoms with Crippen LogP contribution in [0.5, 0.6) is 0 Å². The fourth-order valence-corrected chi connectivity index (χ4v) is 4.05. The fraction of sp³-hybridized carbons (Fsp3) is 0.455. The number of carbonyl (C=O) groups is 2. The summed E-state index contributed by atoms with van der Waals surface area (Å²) in [6, 6.07) is 14.4. The van der Waals surface area contributed by atoms with Crippen LogP contribution in [0.4, 0.5) is 0 Å². The maximum atomic E-state index is 12.5. The summed E-state index contributed by atoms with van der Waals surface area (Å²) in [5, 5.41) is 8.37. The molecule has 0 unspecified atom stereocenters. The Morgan fingerprint density at radius 3 is 2.75 bits per heavy atom. The maximum Gasteiger partial charge on any atom is 0.237 e. The summed E-state index contributed by atoms with van der Waals surface area (Å²) in [5.74, 6) is -0.119. The van der Waals surface area contributed by atoms with Crippen LogP contribution >= 0.6 is 0 Å². The van der Waals surface area contributed by atoms with E-state index in [2.05, 4.69) is 45.9 Å². The third-order valence-electron chi connectivity index (χ3n) is 5.61. The van der Waals surface area contributed by atoms with Crippen LogP contribution < -0.4 is 10.6 Å². The van der Waals surface area contributed by atoms with Crippen molar-refractivity contribution in [2.75, 3.05) is 26.3 Å². The molecule has 2 amide bonds. The Labute approximate surface area is 165 Å². The highest BCUT2D eigenvalue weighted by molar-refractivity contribution is 5.89. The number of piperazine rings is 1. The lowest BCUT2D eigenvalue weighted by atomic mass is 10.0. The van der Waals surface area contributed by atoms with Gasteiger partial charge in [0, 0.05) is 38.9 Å². The van der Waals surface area contributed by atoms with E-state index in [1.54, 1.807) is 0 Å². The van der Waals surface area contributed by atoms with Crippen LogP contribution in [0.15, 0.2) is 42.5 Å². The molecular weight excluding hydrogens is 354 g/mol. The van der Waals surface area contributed by atoms with E-state index in [4.69, 9.17) is 4.74 Å². The molecule has 148 valence electrons. The van der Waals surface area contributed by atoms with Gasteiger partial charge in [0.05, 0.1) is 12.5 Å². The summed E-state index contributed by atoms with van der Waals surface area (Å²) in [7, 11) is 0. The summed E-state index contributed by atoms with van der Waals surface area (Å²) < 4.78 is 5.34. The molecular formula is C22H27N3O3. The monoisotopic (exact) mass is 381 g/mol. The Kier molecular flexibility index (Phi) is 5.88. The molecule has 2 heterocycles. The summed E-state index contributed by atoms with van der Waals surface area (Å²) in [4.78, 5) is 27.1. The van der Waals surface area contributed by atoms with Crippen LogP contribution in [0.2, 0.25) is 0 Å². The lowest BCUT2D eigenvalue weighted by Gasteiger charge is -2.35. The molecule has 2 aliphatic heterocycles. The molecule has 1 atom stereocenters. The van der Waals surface area contributed by atoms with Crippen molar-refractivity contribution < 1.29 is 14.3 Å². The zero-order valence-corrected chi connectivity index (χ0v) is 16.0. The van der Waals surface area contributed by atoms with Gasteiger partial charge in [-0.3, -0.25) is 14.5 Å². The smallest absolute Gasteiger partial charge is 0.237 e. The molecule has 0 saturated carbocycles. The molecule has 6 nitrogen and oxygen atoms in total. The average molecular weight is 381 g/mol. The van der Waals surface area contributed by atoms with E-state index in [9.17, 15) is 9.59 Å². The SMILES string of the molecule is O=C(C[C@@H]1C(=O)NCCN1Cc1ccc2ccccc2c1)NC1CCOCC1. The fourth-order valence-electron chi connectivity index (χ4n) is 4.05.